The smallest absolute Gasteiger partial charge is 0.355 e. The summed E-state index contributed by atoms with van der Waals surface area (Å²) in [5.74, 6) is -59.4. The van der Waals surface area contributed by atoms with Gasteiger partial charge in [0.1, 0.15) is 0 Å². The van der Waals surface area contributed by atoms with Crippen molar-refractivity contribution >= 4 is 68.7 Å². The summed E-state index contributed by atoms with van der Waals surface area (Å²) in [4.78, 5) is 3.46. The van der Waals surface area contributed by atoms with Crippen LogP contribution in [0.1, 0.15) is 22.8 Å². The predicted molar refractivity (Wildman–Crippen MR) is 176 cm³/mol. The first-order chi connectivity index (χ1) is 30.0. The van der Waals surface area contributed by atoms with Gasteiger partial charge in [0.2, 0.25) is 0 Å². The molecule has 380 valence electrons. The van der Waals surface area contributed by atoms with Gasteiger partial charge < -0.3 is 19.9 Å². The first-order valence-electron chi connectivity index (χ1n) is 16.4. The largest absolute Gasteiger partial charge is 0.460 e. The van der Waals surface area contributed by atoms with Crippen LogP contribution in [-0.4, -0.2) is 92.0 Å². The third-order valence-corrected chi connectivity index (χ3v) is 11.2. The van der Waals surface area contributed by atoms with Crippen molar-refractivity contribution in [3.63, 3.8) is 0 Å². The fourth-order valence-corrected chi connectivity index (χ4v) is 7.10. The van der Waals surface area contributed by atoms with Crippen LogP contribution >= 0.6 is 46.4 Å². The zero-order valence-corrected chi connectivity index (χ0v) is 33.4. The molecule has 4 N–H and O–H groups in total. The maximum Gasteiger partial charge on any atom is 0.460 e. The van der Waals surface area contributed by atoms with Gasteiger partial charge in [0.15, 0.2) is 0 Å². The minimum absolute atomic E-state index is 0.571. The first kappa shape index (κ1) is 54.7. The Kier molecular flexibility index (Phi) is 12.6. The summed E-state index contributed by atoms with van der Waals surface area (Å²) in [7, 11) is 0. The molecule has 5 rings (SSSR count). The van der Waals surface area contributed by atoms with Gasteiger partial charge in [0, 0.05) is 0 Å². The molecule has 0 saturated carbocycles. The van der Waals surface area contributed by atoms with Gasteiger partial charge in [-0.3, -0.25) is 0 Å². The summed E-state index contributed by atoms with van der Waals surface area (Å²) in [5.41, 5.74) is -23.4. The highest BCUT2D eigenvalue weighted by atomic mass is 35.5. The highest BCUT2D eigenvalue weighted by Crippen LogP contribution is 2.56. The molecule has 8 bridgehead atoms. The molecule has 0 unspecified atom stereocenters. The third kappa shape index (κ3) is 7.56. The monoisotopic (exact) mass is 1120 g/mol. The lowest BCUT2D eigenvalue weighted by Crippen LogP contribution is -2.54. The van der Waals surface area contributed by atoms with E-state index in [9.17, 15) is 87.8 Å². The lowest BCUT2D eigenvalue weighted by atomic mass is 9.98. The molecule has 0 fully saturated rings. The molecule has 0 aliphatic carbocycles. The Hall–Kier alpha value is -4.20. The summed E-state index contributed by atoms with van der Waals surface area (Å²) >= 11 is 22.7. The van der Waals surface area contributed by atoms with E-state index in [4.69, 9.17) is 46.4 Å². The second kappa shape index (κ2) is 15.6. The number of hydrogen-bond acceptors (Lipinski definition) is 0. The van der Waals surface area contributed by atoms with E-state index in [0.29, 0.717) is 0 Å². The van der Waals surface area contributed by atoms with Crippen LogP contribution in [0.5, 0.6) is 0 Å². The molecule has 68 heavy (non-hydrogen) atoms. The van der Waals surface area contributed by atoms with E-state index < -0.39 is 183 Å². The van der Waals surface area contributed by atoms with Crippen molar-refractivity contribution < 1.29 is 123 Å². The Morgan fingerprint density at radius 3 is 0.529 bits per heavy atom. The average molecular weight is 1120 g/mol. The number of fused-ring (bicyclic) bond motifs is 8. The average Bonchev–Trinajstić information content (AvgIpc) is 3.93. The normalized spacial score (nSPS) is 16.1. The van der Waals surface area contributed by atoms with Crippen molar-refractivity contribution in [1.29, 1.82) is 0 Å². The van der Waals surface area contributed by atoms with E-state index in [1.54, 1.807) is 0 Å². The molecular formula is C32H8Cl4F28N4. The molecule has 1 aliphatic heterocycles. The lowest BCUT2D eigenvalue weighted by molar-refractivity contribution is -0.339. The number of aromatic nitrogens is 4. The maximum absolute atomic E-state index is 15.9. The Balaban J connectivity index is 2.30. The van der Waals surface area contributed by atoms with Gasteiger partial charge in [-0.15, -0.1) is 0 Å². The van der Waals surface area contributed by atoms with Crippen LogP contribution in [-0.2, 0) is 0 Å². The molecule has 0 radical (unpaired) electrons. The van der Waals surface area contributed by atoms with Crippen molar-refractivity contribution in [2.45, 2.75) is 72.1 Å². The molecule has 1 aliphatic rings. The third-order valence-electron chi connectivity index (χ3n) is 9.47. The summed E-state index contributed by atoms with van der Waals surface area (Å²) in [6.45, 7) is 0. The molecule has 0 atom stereocenters. The van der Waals surface area contributed by atoms with Crippen molar-refractivity contribution in [1.82, 2.24) is 19.9 Å². The zero-order valence-electron chi connectivity index (χ0n) is 30.4. The van der Waals surface area contributed by atoms with Crippen molar-refractivity contribution in [3.05, 3.63) is 88.5 Å². The van der Waals surface area contributed by atoms with E-state index >= 15 is 35.1 Å². The number of rotatable bonds is 8. The van der Waals surface area contributed by atoms with Gasteiger partial charge in [0.05, 0.1) is 86.6 Å². The predicted octanol–water partition coefficient (Wildman–Crippen LogP) is 12.1. The maximum atomic E-state index is 15.9. The van der Waals surface area contributed by atoms with E-state index in [1.807, 2.05) is 0 Å². The fourth-order valence-electron chi connectivity index (χ4n) is 6.15. The van der Waals surface area contributed by atoms with E-state index in [0.717, 1.165) is 19.9 Å². The quantitative estimate of drug-likeness (QED) is 0.127. The molecular weight excluding hydrogens is 1110 g/mol. The van der Waals surface area contributed by atoms with E-state index in [-0.39, 0.29) is 0 Å². The molecule has 36 heteroatoms. The zero-order chi connectivity index (χ0) is 52.9. The van der Waals surface area contributed by atoms with Crippen molar-refractivity contribution in [3.8, 4) is 0 Å². The summed E-state index contributed by atoms with van der Waals surface area (Å²) in [6, 6.07) is -2.28. The highest BCUT2D eigenvalue weighted by molar-refractivity contribution is 6.43. The summed E-state index contributed by atoms with van der Waals surface area (Å²) in [6.07, 6.45) is -30.3. The Morgan fingerprint density at radius 2 is 0.397 bits per heavy atom. The standard InChI is InChI=1S/C32H8Cl4F28N4/c33-13-14(34)19-11(23(41,42)27(49,50)31(59,60)61)7-3-4-8(66-7)12(24(43,44)28(51,52)32(62,63)64)20-16(36)15(35)18(68-20)10(22(39,40)26(47,48)30(56,57)58)6-2-1-5(65-6)9(17(13)67-19)21(37,38)25(45,46)29(53,54)55/h1-4,65-68H. The molecule has 0 saturated heterocycles. The molecule has 4 nitrogen and oxygen atoms in total. The van der Waals surface area contributed by atoms with Gasteiger partial charge in [-0.2, -0.15) is 123 Å². The molecule has 5 heterocycles. The Morgan fingerprint density at radius 1 is 0.250 bits per heavy atom. The molecule has 4 aromatic heterocycles. The minimum atomic E-state index is -7.64. The van der Waals surface area contributed by atoms with Crippen LogP contribution in [0.3, 0.4) is 0 Å². The van der Waals surface area contributed by atoms with Crippen molar-refractivity contribution in [2.24, 2.45) is 0 Å². The SMILES string of the molecule is FC(F)(F)C(F)(F)C(F)(F)C1=c2[nH]c(c(Cl)c2Cl)=C(C(F)(F)C(F)(F)C(F)(F)F)c2ccc([nH]2)C(C(F)(F)C(F)(F)C(F)(F)F)=c2[nH]c(c(Cl)c2Cl)=C(C(F)(F)C(F)(F)C(F)(F)F)c2ccc1[nH]2. The molecule has 0 aromatic carbocycles. The topological polar surface area (TPSA) is 63.2 Å². The Bertz CT molecular complexity index is 2530. The van der Waals surface area contributed by atoms with Crippen LogP contribution < -0.4 is 21.4 Å². The number of halogens is 32. The fraction of sp³-hybridized carbons (Fsp3) is 0.375. The number of H-pyrrole nitrogens is 4. The second-order valence-electron chi connectivity index (χ2n) is 13.7. The van der Waals surface area contributed by atoms with Crippen LogP contribution in [0.25, 0.3) is 22.3 Å². The van der Waals surface area contributed by atoms with Gasteiger partial charge in [0.25, 0.3) is 0 Å². The van der Waals surface area contributed by atoms with E-state index in [2.05, 4.69) is 0 Å². The van der Waals surface area contributed by atoms with E-state index in [1.165, 1.54) is 0 Å². The van der Waals surface area contributed by atoms with Crippen LogP contribution in [0.15, 0.2) is 24.3 Å². The van der Waals surface area contributed by atoms with Gasteiger partial charge in [-0.05, 0) is 24.3 Å². The first-order valence-corrected chi connectivity index (χ1v) is 17.9. The lowest BCUT2D eigenvalue weighted by Gasteiger charge is -2.30. The number of alkyl halides is 28. The molecule has 0 amide bonds. The summed E-state index contributed by atoms with van der Waals surface area (Å²) in [5, 5.41) is -19.7. The Labute approximate surface area is 371 Å². The second-order valence-corrected chi connectivity index (χ2v) is 15.2. The van der Waals surface area contributed by atoms with Crippen molar-refractivity contribution in [2.75, 3.05) is 0 Å². The number of hydrogen-bond donors (Lipinski definition) is 4. The molecule has 4 aromatic rings. The van der Waals surface area contributed by atoms with Crippen LogP contribution in [0, 0.1) is 0 Å². The number of aromatic amines is 4. The van der Waals surface area contributed by atoms with Crippen LogP contribution in [0.4, 0.5) is 123 Å². The highest BCUT2D eigenvalue weighted by Gasteiger charge is 2.78. The van der Waals surface area contributed by atoms with Gasteiger partial charge >= 0.3 is 72.1 Å². The van der Waals surface area contributed by atoms with Gasteiger partial charge in [-0.1, -0.05) is 46.4 Å². The van der Waals surface area contributed by atoms with Crippen LogP contribution in [0.2, 0.25) is 20.1 Å². The minimum Gasteiger partial charge on any atom is -0.355 e. The summed E-state index contributed by atoms with van der Waals surface area (Å²) < 4.78 is 409. The molecule has 0 spiro atoms. The van der Waals surface area contributed by atoms with Gasteiger partial charge in [-0.25, -0.2) is 0 Å². The number of nitrogens with one attached hydrogen (secondary N) is 4.